The summed E-state index contributed by atoms with van der Waals surface area (Å²) in [4.78, 5) is 0. The van der Waals surface area contributed by atoms with Crippen molar-refractivity contribution >= 4 is 22.4 Å². The van der Waals surface area contributed by atoms with Gasteiger partial charge in [-0.25, -0.2) is 0 Å². The van der Waals surface area contributed by atoms with Crippen molar-refractivity contribution < 1.29 is 9.47 Å². The molecule has 0 aliphatic carbocycles. The Bertz CT molecular complexity index is 743. The highest BCUT2D eigenvalue weighted by molar-refractivity contribution is 6.20. The molecule has 0 amide bonds. The van der Waals surface area contributed by atoms with Crippen LogP contribution in [0.3, 0.4) is 0 Å². The van der Waals surface area contributed by atoms with E-state index in [0.717, 1.165) is 62.2 Å². The van der Waals surface area contributed by atoms with Crippen LogP contribution in [-0.4, -0.2) is 18.6 Å². The van der Waals surface area contributed by atoms with E-state index >= 15 is 0 Å². The molecule has 0 saturated heterocycles. The molecule has 0 bridgehead atoms. The van der Waals surface area contributed by atoms with Crippen LogP contribution in [0.25, 0.3) is 10.8 Å². The average Bonchev–Trinajstić information content (AvgIpc) is 2.79. The molecule has 2 rings (SSSR count). The SMILES string of the molecule is CCCCC(CC)COc1c(CC)cc(OCCCCC(Cl)CC)c2ccccc12. The Morgan fingerprint density at radius 2 is 1.63 bits per heavy atom. The van der Waals surface area contributed by atoms with Crippen molar-refractivity contribution in [2.24, 2.45) is 5.92 Å². The molecule has 30 heavy (non-hydrogen) atoms. The lowest BCUT2D eigenvalue weighted by molar-refractivity contribution is 0.233. The van der Waals surface area contributed by atoms with Crippen LogP contribution in [0.4, 0.5) is 0 Å². The Kier molecular flexibility index (Phi) is 11.4. The zero-order valence-electron chi connectivity index (χ0n) is 19.5. The highest BCUT2D eigenvalue weighted by Gasteiger charge is 2.15. The molecule has 0 aliphatic heterocycles. The first-order chi connectivity index (χ1) is 14.6. The van der Waals surface area contributed by atoms with Gasteiger partial charge in [0.25, 0.3) is 0 Å². The maximum Gasteiger partial charge on any atom is 0.130 e. The van der Waals surface area contributed by atoms with Crippen LogP contribution in [0.2, 0.25) is 0 Å². The third-order valence-electron chi connectivity index (χ3n) is 6.03. The molecule has 168 valence electrons. The smallest absolute Gasteiger partial charge is 0.130 e. The van der Waals surface area contributed by atoms with Crippen molar-refractivity contribution in [3.8, 4) is 11.5 Å². The maximum atomic E-state index is 6.46. The van der Waals surface area contributed by atoms with Gasteiger partial charge in [0, 0.05) is 16.1 Å². The number of hydrogen-bond acceptors (Lipinski definition) is 2. The van der Waals surface area contributed by atoms with Gasteiger partial charge in [0.05, 0.1) is 13.2 Å². The first-order valence-electron chi connectivity index (χ1n) is 12.1. The second kappa shape index (κ2) is 13.8. The first kappa shape index (κ1) is 24.9. The van der Waals surface area contributed by atoms with Crippen molar-refractivity contribution in [2.75, 3.05) is 13.2 Å². The summed E-state index contributed by atoms with van der Waals surface area (Å²) in [6.45, 7) is 10.4. The predicted octanol–water partition coefficient (Wildman–Crippen LogP) is 8.56. The molecule has 2 nitrogen and oxygen atoms in total. The number of aryl methyl sites for hydroxylation is 1. The molecule has 2 aromatic carbocycles. The number of ether oxygens (including phenoxy) is 2. The van der Waals surface area contributed by atoms with E-state index in [1.807, 2.05) is 0 Å². The Hall–Kier alpha value is -1.41. The largest absolute Gasteiger partial charge is 0.493 e. The number of fused-ring (bicyclic) bond motifs is 1. The van der Waals surface area contributed by atoms with Crippen LogP contribution < -0.4 is 9.47 Å². The lowest BCUT2D eigenvalue weighted by Gasteiger charge is -2.20. The Balaban J connectivity index is 2.13. The van der Waals surface area contributed by atoms with Gasteiger partial charge in [-0.05, 0) is 56.1 Å². The number of alkyl halides is 1. The normalized spacial score (nSPS) is 13.4. The lowest BCUT2D eigenvalue weighted by atomic mass is 9.99. The maximum absolute atomic E-state index is 6.46. The molecule has 0 heterocycles. The van der Waals surface area contributed by atoms with Gasteiger partial charge in [-0.1, -0.05) is 71.2 Å². The summed E-state index contributed by atoms with van der Waals surface area (Å²) in [6.07, 6.45) is 10.1. The van der Waals surface area contributed by atoms with Crippen molar-refractivity contribution in [3.63, 3.8) is 0 Å². The quantitative estimate of drug-likeness (QED) is 0.207. The first-order valence-corrected chi connectivity index (χ1v) is 12.5. The number of benzene rings is 2. The van der Waals surface area contributed by atoms with E-state index in [-0.39, 0.29) is 0 Å². The molecule has 0 saturated carbocycles. The van der Waals surface area contributed by atoms with Gasteiger partial charge in [0.2, 0.25) is 0 Å². The number of halogens is 1. The minimum atomic E-state index is 0.290. The summed E-state index contributed by atoms with van der Waals surface area (Å²) in [7, 11) is 0. The minimum Gasteiger partial charge on any atom is -0.493 e. The molecule has 2 atom stereocenters. The Morgan fingerprint density at radius 1 is 0.867 bits per heavy atom. The lowest BCUT2D eigenvalue weighted by Crippen LogP contribution is -2.12. The van der Waals surface area contributed by atoms with E-state index in [2.05, 4.69) is 58.0 Å². The summed E-state index contributed by atoms with van der Waals surface area (Å²) < 4.78 is 12.7. The van der Waals surface area contributed by atoms with E-state index < -0.39 is 0 Å². The summed E-state index contributed by atoms with van der Waals surface area (Å²) in [6, 6.07) is 10.7. The van der Waals surface area contributed by atoms with Crippen LogP contribution in [0, 0.1) is 5.92 Å². The Labute approximate surface area is 189 Å². The van der Waals surface area contributed by atoms with Gasteiger partial charge in [-0.3, -0.25) is 0 Å². The van der Waals surface area contributed by atoms with Gasteiger partial charge >= 0.3 is 0 Å². The topological polar surface area (TPSA) is 18.5 Å². The highest BCUT2D eigenvalue weighted by atomic mass is 35.5. The van der Waals surface area contributed by atoms with E-state index in [1.165, 1.54) is 36.6 Å². The predicted molar refractivity (Wildman–Crippen MR) is 131 cm³/mol. The standard InChI is InChI=1S/C27H41ClO2/c1-5-9-14-21(6-2)20-30-27-22(7-3)19-26(24-16-10-11-17-25(24)27)29-18-13-12-15-23(28)8-4/h10-11,16-17,19,21,23H,5-9,12-15,18,20H2,1-4H3. The van der Waals surface area contributed by atoms with E-state index in [9.17, 15) is 0 Å². The van der Waals surface area contributed by atoms with Crippen LogP contribution in [0.1, 0.15) is 84.6 Å². The molecule has 0 spiro atoms. The molecule has 0 fully saturated rings. The van der Waals surface area contributed by atoms with Gasteiger partial charge in [0.1, 0.15) is 11.5 Å². The molecule has 0 aliphatic rings. The zero-order valence-corrected chi connectivity index (χ0v) is 20.3. The molecule has 0 aromatic heterocycles. The fourth-order valence-electron chi connectivity index (χ4n) is 3.88. The Morgan fingerprint density at radius 3 is 2.30 bits per heavy atom. The summed E-state index contributed by atoms with van der Waals surface area (Å²) in [5.41, 5.74) is 1.24. The number of hydrogen-bond donors (Lipinski definition) is 0. The number of rotatable bonds is 15. The zero-order chi connectivity index (χ0) is 21.8. The summed E-state index contributed by atoms with van der Waals surface area (Å²) in [5, 5.41) is 2.61. The molecule has 0 radical (unpaired) electrons. The fourth-order valence-corrected chi connectivity index (χ4v) is 4.03. The van der Waals surface area contributed by atoms with Gasteiger partial charge in [0.15, 0.2) is 0 Å². The van der Waals surface area contributed by atoms with Crippen LogP contribution in [0.15, 0.2) is 30.3 Å². The van der Waals surface area contributed by atoms with Crippen molar-refractivity contribution in [3.05, 3.63) is 35.9 Å². The summed E-state index contributed by atoms with van der Waals surface area (Å²) in [5.74, 6) is 2.65. The van der Waals surface area contributed by atoms with Crippen molar-refractivity contribution in [1.82, 2.24) is 0 Å². The molecule has 2 unspecified atom stereocenters. The van der Waals surface area contributed by atoms with Gasteiger partial charge < -0.3 is 9.47 Å². The van der Waals surface area contributed by atoms with Gasteiger partial charge in [-0.2, -0.15) is 0 Å². The molecular formula is C27H41ClO2. The summed E-state index contributed by atoms with van der Waals surface area (Å²) >= 11 is 6.23. The van der Waals surface area contributed by atoms with Crippen LogP contribution in [0.5, 0.6) is 11.5 Å². The van der Waals surface area contributed by atoms with Crippen LogP contribution >= 0.6 is 11.6 Å². The number of unbranched alkanes of at least 4 members (excludes halogenated alkanes) is 2. The average molecular weight is 433 g/mol. The van der Waals surface area contributed by atoms with E-state index in [1.54, 1.807) is 0 Å². The monoisotopic (exact) mass is 432 g/mol. The highest BCUT2D eigenvalue weighted by Crippen LogP contribution is 2.37. The van der Waals surface area contributed by atoms with E-state index in [4.69, 9.17) is 21.1 Å². The molecule has 3 heteroatoms. The molecule has 2 aromatic rings. The van der Waals surface area contributed by atoms with Crippen LogP contribution in [-0.2, 0) is 6.42 Å². The third kappa shape index (κ3) is 7.38. The fraction of sp³-hybridized carbons (Fsp3) is 0.630. The van der Waals surface area contributed by atoms with E-state index in [0.29, 0.717) is 11.3 Å². The third-order valence-corrected chi connectivity index (χ3v) is 6.56. The molecule has 0 N–H and O–H groups in total. The van der Waals surface area contributed by atoms with Crippen molar-refractivity contribution in [1.29, 1.82) is 0 Å². The van der Waals surface area contributed by atoms with Gasteiger partial charge in [-0.15, -0.1) is 11.6 Å². The minimum absolute atomic E-state index is 0.290. The second-order valence-corrected chi connectivity index (χ2v) is 8.96. The molecular weight excluding hydrogens is 392 g/mol. The second-order valence-electron chi connectivity index (χ2n) is 8.34. The van der Waals surface area contributed by atoms with Crippen molar-refractivity contribution in [2.45, 2.75) is 90.9 Å².